The smallest absolute Gasteiger partial charge is 0.300 e. The lowest BCUT2D eigenvalue weighted by atomic mass is 9.96. The molecule has 4 heterocycles. The first kappa shape index (κ1) is 19.1. The zero-order valence-electron chi connectivity index (χ0n) is 17.2. The van der Waals surface area contributed by atoms with Crippen LogP contribution in [-0.4, -0.2) is 33.6 Å². The molecule has 0 aliphatic carbocycles. The molecule has 0 saturated carbocycles. The summed E-state index contributed by atoms with van der Waals surface area (Å²) in [5.41, 5.74) is 2.30. The molecule has 1 unspecified atom stereocenters. The van der Waals surface area contributed by atoms with Gasteiger partial charge in [-0.3, -0.25) is 19.5 Å². The summed E-state index contributed by atoms with van der Waals surface area (Å²) in [5, 5.41) is 12.1. The molecule has 8 nitrogen and oxygen atoms in total. The van der Waals surface area contributed by atoms with E-state index in [-0.39, 0.29) is 18.1 Å². The second-order valence-electron chi connectivity index (χ2n) is 7.74. The number of aromatic amines is 1. The summed E-state index contributed by atoms with van der Waals surface area (Å²) in [6.07, 6.45) is 4.82. The average Bonchev–Trinajstić information content (AvgIpc) is 3.55. The van der Waals surface area contributed by atoms with Crippen molar-refractivity contribution in [2.24, 2.45) is 0 Å². The fourth-order valence-corrected chi connectivity index (χ4v) is 4.40. The summed E-state index contributed by atoms with van der Waals surface area (Å²) < 4.78 is 10.8. The van der Waals surface area contributed by atoms with Crippen molar-refractivity contribution in [3.8, 4) is 11.5 Å². The maximum Gasteiger partial charge on any atom is 0.300 e. The number of hydrogen-bond acceptors (Lipinski definition) is 6. The fourth-order valence-electron chi connectivity index (χ4n) is 4.40. The Bertz CT molecular complexity index is 1460. The molecule has 8 heteroatoms. The minimum absolute atomic E-state index is 0.00424. The number of ether oxygens (including phenoxy) is 2. The van der Waals surface area contributed by atoms with Crippen molar-refractivity contribution in [1.82, 2.24) is 9.97 Å². The second-order valence-corrected chi connectivity index (χ2v) is 7.74. The first-order chi connectivity index (χ1) is 16.1. The van der Waals surface area contributed by atoms with Gasteiger partial charge in [-0.2, -0.15) is 0 Å². The van der Waals surface area contributed by atoms with Gasteiger partial charge in [0.2, 0.25) is 6.79 Å². The van der Waals surface area contributed by atoms with Gasteiger partial charge in [0.05, 0.1) is 11.6 Å². The third-order valence-electron chi connectivity index (χ3n) is 5.92. The molecule has 1 saturated heterocycles. The summed E-state index contributed by atoms with van der Waals surface area (Å²) in [7, 11) is 0. The van der Waals surface area contributed by atoms with Gasteiger partial charge in [0.1, 0.15) is 5.76 Å². The number of pyridine rings is 1. The zero-order chi connectivity index (χ0) is 22.5. The predicted octanol–water partition coefficient (Wildman–Crippen LogP) is 3.92. The number of aliphatic hydroxyl groups is 1. The van der Waals surface area contributed by atoms with E-state index >= 15 is 0 Å². The Morgan fingerprint density at radius 3 is 2.76 bits per heavy atom. The number of nitrogens with zero attached hydrogens (tertiary/aromatic N) is 2. The van der Waals surface area contributed by atoms with Crippen LogP contribution in [-0.2, 0) is 9.59 Å². The van der Waals surface area contributed by atoms with Crippen LogP contribution in [0.4, 0.5) is 5.69 Å². The quantitative estimate of drug-likeness (QED) is 0.285. The molecule has 162 valence electrons. The normalized spacial score (nSPS) is 18.9. The number of nitrogens with one attached hydrogen (secondary N) is 1. The fraction of sp³-hybridized carbons (Fsp3) is 0.0800. The lowest BCUT2D eigenvalue weighted by Gasteiger charge is -2.25. The summed E-state index contributed by atoms with van der Waals surface area (Å²) in [4.78, 5) is 35.2. The minimum atomic E-state index is -0.868. The van der Waals surface area contributed by atoms with Crippen LogP contribution in [0.15, 0.2) is 78.8 Å². The molecule has 2 aromatic heterocycles. The number of carbonyl (C=O) groups is 2. The van der Waals surface area contributed by atoms with Crippen molar-refractivity contribution in [3.05, 3.63) is 89.9 Å². The molecule has 1 fully saturated rings. The molecular weight excluding hydrogens is 422 g/mol. The zero-order valence-corrected chi connectivity index (χ0v) is 17.2. The molecule has 0 spiro atoms. The third-order valence-corrected chi connectivity index (χ3v) is 5.92. The van der Waals surface area contributed by atoms with E-state index in [2.05, 4.69) is 9.97 Å². The number of benzene rings is 2. The van der Waals surface area contributed by atoms with Crippen molar-refractivity contribution in [1.29, 1.82) is 0 Å². The number of amides is 1. The van der Waals surface area contributed by atoms with Crippen LogP contribution in [0.2, 0.25) is 0 Å². The number of H-pyrrole nitrogens is 1. The highest BCUT2D eigenvalue weighted by Gasteiger charge is 2.47. The Kier molecular flexibility index (Phi) is 4.19. The number of Topliss-reactive ketones (excluding diaryl/α,β-unsaturated/α-hetero) is 1. The second kappa shape index (κ2) is 7.23. The Morgan fingerprint density at radius 2 is 1.91 bits per heavy atom. The molecule has 4 aromatic rings. The number of aromatic nitrogens is 2. The first-order valence-electron chi connectivity index (χ1n) is 10.3. The Labute approximate surface area is 187 Å². The topological polar surface area (TPSA) is 105 Å². The van der Waals surface area contributed by atoms with Gasteiger partial charge >= 0.3 is 0 Å². The van der Waals surface area contributed by atoms with Crippen LogP contribution in [0.3, 0.4) is 0 Å². The largest absolute Gasteiger partial charge is 0.507 e. The van der Waals surface area contributed by atoms with E-state index in [0.717, 1.165) is 10.9 Å². The van der Waals surface area contributed by atoms with E-state index < -0.39 is 17.7 Å². The Morgan fingerprint density at radius 1 is 1.06 bits per heavy atom. The predicted molar refractivity (Wildman–Crippen MR) is 120 cm³/mol. The Balaban J connectivity index is 1.57. The molecule has 0 radical (unpaired) electrons. The van der Waals surface area contributed by atoms with Gasteiger partial charge in [0.15, 0.2) is 11.5 Å². The molecule has 2 aromatic carbocycles. The summed E-state index contributed by atoms with van der Waals surface area (Å²) >= 11 is 0. The van der Waals surface area contributed by atoms with Gasteiger partial charge in [-0.1, -0.05) is 24.3 Å². The number of hydrogen-bond donors (Lipinski definition) is 2. The summed E-state index contributed by atoms with van der Waals surface area (Å²) in [6.45, 7) is 0.0875. The number of ketones is 1. The van der Waals surface area contributed by atoms with Crippen LogP contribution >= 0.6 is 0 Å². The monoisotopic (exact) mass is 439 g/mol. The highest BCUT2D eigenvalue weighted by Crippen LogP contribution is 2.45. The van der Waals surface area contributed by atoms with Gasteiger partial charge in [-0.05, 0) is 29.8 Å². The average molecular weight is 439 g/mol. The molecule has 1 amide bonds. The number of aliphatic hydroxyl groups excluding tert-OH is 1. The van der Waals surface area contributed by atoms with E-state index in [9.17, 15) is 14.7 Å². The van der Waals surface area contributed by atoms with Gasteiger partial charge in [0.25, 0.3) is 11.7 Å². The number of anilines is 1. The highest BCUT2D eigenvalue weighted by molar-refractivity contribution is 6.51. The van der Waals surface area contributed by atoms with Crippen LogP contribution in [0.5, 0.6) is 11.5 Å². The molecule has 2 N–H and O–H groups in total. The Hall–Kier alpha value is -4.59. The molecule has 6 rings (SSSR count). The number of fused-ring (bicyclic) bond motifs is 2. The standard InChI is InChI=1S/C25H17N3O5/c29-23(17-12-27-18-6-2-1-5-16(17)18)21-22(14-4-3-9-26-11-14)28(25(31)24(21)30)15-7-8-19-20(10-15)33-13-32-19/h1-12,22,27,29H,13H2/b23-21-. The van der Waals surface area contributed by atoms with Crippen LogP contribution < -0.4 is 14.4 Å². The van der Waals surface area contributed by atoms with E-state index in [1.165, 1.54) is 4.90 Å². The van der Waals surface area contributed by atoms with Gasteiger partial charge in [-0.25, -0.2) is 0 Å². The third kappa shape index (κ3) is 2.88. The van der Waals surface area contributed by atoms with E-state index in [0.29, 0.717) is 28.3 Å². The highest BCUT2D eigenvalue weighted by atomic mass is 16.7. The van der Waals surface area contributed by atoms with E-state index in [1.54, 1.807) is 48.9 Å². The van der Waals surface area contributed by atoms with Crippen molar-refractivity contribution < 1.29 is 24.2 Å². The van der Waals surface area contributed by atoms with Gasteiger partial charge in [-0.15, -0.1) is 0 Å². The maximum absolute atomic E-state index is 13.3. The number of rotatable bonds is 3. The van der Waals surface area contributed by atoms with Crippen molar-refractivity contribution in [2.45, 2.75) is 6.04 Å². The van der Waals surface area contributed by atoms with E-state index in [4.69, 9.17) is 9.47 Å². The molecule has 0 bridgehead atoms. The van der Waals surface area contributed by atoms with Gasteiger partial charge < -0.3 is 19.6 Å². The molecule has 2 aliphatic heterocycles. The first-order valence-corrected chi connectivity index (χ1v) is 10.3. The van der Waals surface area contributed by atoms with Gasteiger partial charge in [0, 0.05) is 46.8 Å². The van der Waals surface area contributed by atoms with Crippen molar-refractivity contribution in [3.63, 3.8) is 0 Å². The van der Waals surface area contributed by atoms with Crippen molar-refractivity contribution >= 4 is 34.0 Å². The van der Waals surface area contributed by atoms with Crippen LogP contribution in [0.1, 0.15) is 17.2 Å². The lowest BCUT2D eigenvalue weighted by Crippen LogP contribution is -2.29. The lowest BCUT2D eigenvalue weighted by molar-refractivity contribution is -0.132. The van der Waals surface area contributed by atoms with Crippen LogP contribution in [0.25, 0.3) is 16.7 Å². The van der Waals surface area contributed by atoms with Crippen LogP contribution in [0, 0.1) is 0 Å². The van der Waals surface area contributed by atoms with E-state index in [1.807, 2.05) is 24.3 Å². The molecular formula is C25H17N3O5. The molecule has 1 atom stereocenters. The molecule has 2 aliphatic rings. The number of carbonyl (C=O) groups excluding carboxylic acids is 2. The summed E-state index contributed by atoms with van der Waals surface area (Å²) in [5.74, 6) is -0.723. The summed E-state index contributed by atoms with van der Waals surface area (Å²) in [6, 6.07) is 15.1. The van der Waals surface area contributed by atoms with Crippen molar-refractivity contribution in [2.75, 3.05) is 11.7 Å². The minimum Gasteiger partial charge on any atom is -0.507 e. The molecule has 33 heavy (non-hydrogen) atoms. The maximum atomic E-state index is 13.3. The number of para-hydroxylation sites is 1. The SMILES string of the molecule is O=C1C(=O)N(c2ccc3c(c2)OCO3)C(c2cccnc2)/C1=C(/O)c1c[nH]c2ccccc12.